The van der Waals surface area contributed by atoms with Gasteiger partial charge in [0.2, 0.25) is 0 Å². The van der Waals surface area contributed by atoms with E-state index in [1.807, 2.05) is 17.0 Å². The van der Waals surface area contributed by atoms with Gasteiger partial charge in [0.25, 0.3) is 0 Å². The molecule has 1 aliphatic rings. The molecular weight excluding hydrogens is 318 g/mol. The van der Waals surface area contributed by atoms with Crippen molar-refractivity contribution in [2.24, 2.45) is 0 Å². The zero-order valence-corrected chi connectivity index (χ0v) is 16.1. The number of methoxy groups -OCH3 is 2. The highest BCUT2D eigenvalue weighted by Gasteiger charge is 2.22. The Kier molecular flexibility index (Phi) is 6.93. The van der Waals surface area contributed by atoms with Crippen molar-refractivity contribution >= 4 is 6.03 Å². The third kappa shape index (κ3) is 4.78. The standard InChI is InChI=1S/C19H31N3O3/c1-6-14(2)21(3)10-8-20-19(23)22-9-7-15-11-17(24-4)18(25-5)12-16(15)13-22/h11-12,14H,6-10,13H2,1-5H3,(H,20,23). The van der Waals surface area contributed by atoms with Gasteiger partial charge >= 0.3 is 6.03 Å². The summed E-state index contributed by atoms with van der Waals surface area (Å²) < 4.78 is 10.7. The number of fused-ring (bicyclic) bond motifs is 1. The minimum Gasteiger partial charge on any atom is -0.493 e. The van der Waals surface area contributed by atoms with Crippen molar-refractivity contribution in [2.75, 3.05) is 40.9 Å². The van der Waals surface area contributed by atoms with E-state index >= 15 is 0 Å². The smallest absolute Gasteiger partial charge is 0.317 e. The van der Waals surface area contributed by atoms with E-state index in [2.05, 4.69) is 31.1 Å². The lowest BCUT2D eigenvalue weighted by atomic mass is 9.99. The van der Waals surface area contributed by atoms with Crippen molar-refractivity contribution < 1.29 is 14.3 Å². The predicted molar refractivity (Wildman–Crippen MR) is 99.4 cm³/mol. The van der Waals surface area contributed by atoms with Gasteiger partial charge in [-0.05, 0) is 50.1 Å². The number of hydrogen-bond donors (Lipinski definition) is 1. The molecule has 6 nitrogen and oxygen atoms in total. The molecule has 1 atom stereocenters. The summed E-state index contributed by atoms with van der Waals surface area (Å²) in [4.78, 5) is 16.6. The molecule has 140 valence electrons. The van der Waals surface area contributed by atoms with E-state index in [0.717, 1.165) is 37.2 Å². The number of amides is 2. The zero-order chi connectivity index (χ0) is 18.4. The first-order valence-electron chi connectivity index (χ1n) is 8.96. The fourth-order valence-corrected chi connectivity index (χ4v) is 3.04. The van der Waals surface area contributed by atoms with Crippen LogP contribution in [0.15, 0.2) is 12.1 Å². The maximum absolute atomic E-state index is 12.4. The Morgan fingerprint density at radius 2 is 1.92 bits per heavy atom. The summed E-state index contributed by atoms with van der Waals surface area (Å²) in [5.41, 5.74) is 2.34. The maximum Gasteiger partial charge on any atom is 0.317 e. The number of hydrogen-bond acceptors (Lipinski definition) is 4. The van der Waals surface area contributed by atoms with Crippen molar-refractivity contribution in [3.63, 3.8) is 0 Å². The van der Waals surface area contributed by atoms with E-state index in [9.17, 15) is 4.79 Å². The second-order valence-corrected chi connectivity index (χ2v) is 6.62. The number of likely N-dealkylation sites (N-methyl/N-ethyl adjacent to an activating group) is 1. The fourth-order valence-electron chi connectivity index (χ4n) is 3.04. The molecule has 0 spiro atoms. The average Bonchev–Trinajstić information content (AvgIpc) is 2.65. The molecule has 1 aliphatic heterocycles. The molecule has 2 amide bonds. The van der Waals surface area contributed by atoms with Gasteiger partial charge in [-0.25, -0.2) is 4.79 Å². The Balaban J connectivity index is 1.92. The molecule has 6 heteroatoms. The van der Waals surface area contributed by atoms with Gasteiger partial charge in [-0.3, -0.25) is 0 Å². The second-order valence-electron chi connectivity index (χ2n) is 6.62. The lowest BCUT2D eigenvalue weighted by Gasteiger charge is -2.30. The molecule has 1 aromatic rings. The largest absolute Gasteiger partial charge is 0.493 e. The van der Waals surface area contributed by atoms with Crippen LogP contribution in [-0.2, 0) is 13.0 Å². The van der Waals surface area contributed by atoms with Crippen molar-refractivity contribution in [2.45, 2.75) is 39.3 Å². The number of ether oxygens (including phenoxy) is 2. The average molecular weight is 349 g/mol. The number of rotatable bonds is 7. The Morgan fingerprint density at radius 1 is 1.28 bits per heavy atom. The minimum absolute atomic E-state index is 0.00186. The van der Waals surface area contributed by atoms with Crippen molar-refractivity contribution in [1.82, 2.24) is 15.1 Å². The van der Waals surface area contributed by atoms with Crippen LogP contribution >= 0.6 is 0 Å². The summed E-state index contributed by atoms with van der Waals surface area (Å²) in [5, 5.41) is 3.03. The highest BCUT2D eigenvalue weighted by atomic mass is 16.5. The van der Waals surface area contributed by atoms with Crippen LogP contribution in [0.1, 0.15) is 31.4 Å². The lowest BCUT2D eigenvalue weighted by Crippen LogP contribution is -2.45. The molecular formula is C19H31N3O3. The van der Waals surface area contributed by atoms with Gasteiger partial charge < -0.3 is 24.6 Å². The number of nitrogens with one attached hydrogen (secondary N) is 1. The Labute approximate surface area is 151 Å². The van der Waals surface area contributed by atoms with Gasteiger partial charge in [0.1, 0.15) is 0 Å². The molecule has 0 aliphatic carbocycles. The molecule has 1 unspecified atom stereocenters. The highest BCUT2D eigenvalue weighted by Crippen LogP contribution is 2.33. The third-order valence-corrected chi connectivity index (χ3v) is 5.09. The molecule has 0 bridgehead atoms. The van der Waals surface area contributed by atoms with E-state index < -0.39 is 0 Å². The topological polar surface area (TPSA) is 54.0 Å². The predicted octanol–water partition coefficient (Wildman–Crippen LogP) is 2.50. The summed E-state index contributed by atoms with van der Waals surface area (Å²) in [5.74, 6) is 1.45. The number of nitrogens with zero attached hydrogens (tertiary/aromatic N) is 2. The molecule has 0 aromatic heterocycles. The summed E-state index contributed by atoms with van der Waals surface area (Å²) >= 11 is 0. The quantitative estimate of drug-likeness (QED) is 0.822. The SMILES string of the molecule is CCC(C)N(C)CCNC(=O)N1CCc2cc(OC)c(OC)cc2C1. The molecule has 0 saturated carbocycles. The first kappa shape index (κ1) is 19.4. The van der Waals surface area contributed by atoms with Crippen molar-refractivity contribution in [3.05, 3.63) is 23.3 Å². The monoisotopic (exact) mass is 349 g/mol. The van der Waals surface area contributed by atoms with Crippen LogP contribution in [0, 0.1) is 0 Å². The van der Waals surface area contributed by atoms with E-state index in [0.29, 0.717) is 24.9 Å². The lowest BCUT2D eigenvalue weighted by molar-refractivity contribution is 0.188. The van der Waals surface area contributed by atoms with Crippen LogP contribution in [0.3, 0.4) is 0 Å². The fraction of sp³-hybridized carbons (Fsp3) is 0.632. The Hall–Kier alpha value is -1.95. The van der Waals surface area contributed by atoms with Crippen molar-refractivity contribution in [1.29, 1.82) is 0 Å². The van der Waals surface area contributed by atoms with Gasteiger partial charge in [-0.1, -0.05) is 6.92 Å². The molecule has 1 aromatic carbocycles. The molecule has 2 rings (SSSR count). The molecule has 0 radical (unpaired) electrons. The van der Waals surface area contributed by atoms with E-state index in [4.69, 9.17) is 9.47 Å². The molecule has 25 heavy (non-hydrogen) atoms. The second kappa shape index (κ2) is 8.94. The van der Waals surface area contributed by atoms with Crippen LogP contribution < -0.4 is 14.8 Å². The van der Waals surface area contributed by atoms with Crippen LogP contribution in [0.25, 0.3) is 0 Å². The van der Waals surface area contributed by atoms with Gasteiger partial charge in [-0.2, -0.15) is 0 Å². The van der Waals surface area contributed by atoms with Crippen LogP contribution in [0.5, 0.6) is 11.5 Å². The number of urea groups is 1. The molecule has 0 fully saturated rings. The number of benzene rings is 1. The van der Waals surface area contributed by atoms with E-state index in [1.165, 1.54) is 5.56 Å². The summed E-state index contributed by atoms with van der Waals surface area (Å²) in [7, 11) is 5.37. The Morgan fingerprint density at radius 3 is 2.52 bits per heavy atom. The maximum atomic E-state index is 12.4. The summed E-state index contributed by atoms with van der Waals surface area (Å²) in [6.45, 7) is 7.21. The van der Waals surface area contributed by atoms with Gasteiger partial charge in [0, 0.05) is 32.2 Å². The minimum atomic E-state index is -0.00186. The van der Waals surface area contributed by atoms with Crippen molar-refractivity contribution in [3.8, 4) is 11.5 Å². The number of carbonyl (C=O) groups excluding carboxylic acids is 1. The molecule has 1 N–H and O–H groups in total. The summed E-state index contributed by atoms with van der Waals surface area (Å²) in [6.07, 6.45) is 1.94. The van der Waals surface area contributed by atoms with Gasteiger partial charge in [-0.15, -0.1) is 0 Å². The van der Waals surface area contributed by atoms with E-state index in [-0.39, 0.29) is 6.03 Å². The first-order chi connectivity index (χ1) is 12.0. The normalized spacial score (nSPS) is 14.9. The highest BCUT2D eigenvalue weighted by molar-refractivity contribution is 5.74. The van der Waals surface area contributed by atoms with Crippen LogP contribution in [0.2, 0.25) is 0 Å². The molecule has 0 saturated heterocycles. The molecule has 1 heterocycles. The van der Waals surface area contributed by atoms with E-state index in [1.54, 1.807) is 14.2 Å². The zero-order valence-electron chi connectivity index (χ0n) is 16.1. The Bertz CT molecular complexity index is 592. The van der Waals surface area contributed by atoms with Gasteiger partial charge in [0.15, 0.2) is 11.5 Å². The number of carbonyl (C=O) groups is 1. The first-order valence-corrected chi connectivity index (χ1v) is 8.96. The third-order valence-electron chi connectivity index (χ3n) is 5.09. The van der Waals surface area contributed by atoms with Gasteiger partial charge in [0.05, 0.1) is 14.2 Å². The van der Waals surface area contributed by atoms with Crippen LogP contribution in [-0.4, -0.2) is 62.8 Å². The summed E-state index contributed by atoms with van der Waals surface area (Å²) in [6, 6.07) is 4.52. The van der Waals surface area contributed by atoms with Crippen LogP contribution in [0.4, 0.5) is 4.79 Å².